The van der Waals surface area contributed by atoms with Gasteiger partial charge in [-0.3, -0.25) is 9.59 Å². The Bertz CT molecular complexity index is 594. The van der Waals surface area contributed by atoms with Crippen molar-refractivity contribution < 1.29 is 18.0 Å². The third-order valence-corrected chi connectivity index (χ3v) is 2.87. The van der Waals surface area contributed by atoms with Crippen LogP contribution in [0.3, 0.4) is 0 Å². The largest absolute Gasteiger partial charge is 0.286 e. The van der Waals surface area contributed by atoms with Gasteiger partial charge in [0.2, 0.25) is 11.6 Å². The number of Topliss-reactive ketones (excluding diaryl/α,β-unsaturated/α-hetero) is 1. The Hall–Kier alpha value is -1.76. The predicted octanol–water partition coefficient (Wildman–Crippen LogP) is -0.531. The van der Waals surface area contributed by atoms with Crippen LogP contribution in [0.2, 0.25) is 0 Å². The van der Waals surface area contributed by atoms with E-state index in [9.17, 15) is 18.0 Å². The van der Waals surface area contributed by atoms with Crippen molar-refractivity contribution >= 4 is 27.7 Å². The molecular formula is C8H6N2O4S. The maximum atomic E-state index is 11.3. The first-order valence-electron chi connectivity index (χ1n) is 3.96. The molecule has 0 N–H and O–H groups in total. The highest BCUT2D eigenvalue weighted by molar-refractivity contribution is 7.89. The van der Waals surface area contributed by atoms with Gasteiger partial charge in [-0.2, -0.15) is 9.19 Å². The monoisotopic (exact) mass is 226 g/mol. The Balaban J connectivity index is 2.73. The summed E-state index contributed by atoms with van der Waals surface area (Å²) >= 11 is 0. The molecule has 15 heavy (non-hydrogen) atoms. The molecule has 0 spiro atoms. The molecule has 1 aliphatic carbocycles. The molecule has 0 aliphatic heterocycles. The SMILES string of the molecule is CS(=O)(=O)n1ncc2c1C=CC(=O)C2=O. The Kier molecular flexibility index (Phi) is 1.87. The lowest BCUT2D eigenvalue weighted by atomic mass is 10.0. The molecule has 0 bridgehead atoms. The molecule has 1 heterocycles. The zero-order valence-corrected chi connectivity index (χ0v) is 8.48. The second kappa shape index (κ2) is 2.86. The van der Waals surface area contributed by atoms with Crippen molar-refractivity contribution in [2.45, 2.75) is 0 Å². The first kappa shape index (κ1) is 9.78. The van der Waals surface area contributed by atoms with Gasteiger partial charge in [-0.05, 0) is 12.2 Å². The quantitative estimate of drug-likeness (QED) is 0.601. The van der Waals surface area contributed by atoms with Crippen molar-refractivity contribution in [3.05, 3.63) is 23.5 Å². The number of hydrogen-bond donors (Lipinski definition) is 0. The number of fused-ring (bicyclic) bond motifs is 1. The smallest absolute Gasteiger partial charge is 0.251 e. The topological polar surface area (TPSA) is 86.1 Å². The van der Waals surface area contributed by atoms with E-state index in [2.05, 4.69) is 5.10 Å². The average molecular weight is 226 g/mol. The van der Waals surface area contributed by atoms with E-state index in [1.165, 1.54) is 6.08 Å². The summed E-state index contributed by atoms with van der Waals surface area (Å²) in [6.07, 6.45) is 4.36. The number of nitrogens with zero attached hydrogens (tertiary/aromatic N) is 2. The van der Waals surface area contributed by atoms with Gasteiger partial charge >= 0.3 is 0 Å². The normalized spacial score (nSPS) is 15.5. The fraction of sp³-hybridized carbons (Fsp3) is 0.125. The van der Waals surface area contributed by atoms with Gasteiger partial charge in [-0.25, -0.2) is 8.42 Å². The number of hydrogen-bond acceptors (Lipinski definition) is 5. The molecule has 6 nitrogen and oxygen atoms in total. The van der Waals surface area contributed by atoms with Gasteiger partial charge in [0.1, 0.15) is 0 Å². The van der Waals surface area contributed by atoms with Gasteiger partial charge in [-0.15, -0.1) is 0 Å². The van der Waals surface area contributed by atoms with Crippen LogP contribution in [0, 0.1) is 0 Å². The maximum Gasteiger partial charge on any atom is 0.251 e. The third kappa shape index (κ3) is 1.40. The number of aromatic nitrogens is 2. The lowest BCUT2D eigenvalue weighted by Crippen LogP contribution is -2.19. The number of rotatable bonds is 1. The summed E-state index contributed by atoms with van der Waals surface area (Å²) in [4.78, 5) is 22.3. The fourth-order valence-electron chi connectivity index (χ4n) is 1.30. The minimum atomic E-state index is -3.55. The minimum Gasteiger partial charge on any atom is -0.286 e. The molecule has 0 amide bonds. The Labute approximate surface area is 85.3 Å². The van der Waals surface area contributed by atoms with Crippen molar-refractivity contribution in [1.82, 2.24) is 9.19 Å². The van der Waals surface area contributed by atoms with Gasteiger partial charge in [-0.1, -0.05) is 0 Å². The van der Waals surface area contributed by atoms with Crippen LogP contribution in [-0.2, 0) is 14.8 Å². The van der Waals surface area contributed by atoms with Gasteiger partial charge in [0.25, 0.3) is 10.0 Å². The van der Waals surface area contributed by atoms with Gasteiger partial charge < -0.3 is 0 Å². The zero-order valence-electron chi connectivity index (χ0n) is 7.67. The highest BCUT2D eigenvalue weighted by Crippen LogP contribution is 2.17. The highest BCUT2D eigenvalue weighted by atomic mass is 32.2. The average Bonchev–Trinajstić information content (AvgIpc) is 2.54. The molecule has 0 unspecified atom stereocenters. The molecule has 0 saturated carbocycles. The van der Waals surface area contributed by atoms with E-state index < -0.39 is 21.6 Å². The third-order valence-electron chi connectivity index (χ3n) is 1.95. The minimum absolute atomic E-state index is 0.0212. The van der Waals surface area contributed by atoms with Crippen molar-refractivity contribution in [3.63, 3.8) is 0 Å². The van der Waals surface area contributed by atoms with Crippen LogP contribution in [0.5, 0.6) is 0 Å². The van der Waals surface area contributed by atoms with E-state index in [0.29, 0.717) is 0 Å². The number of ketones is 2. The summed E-state index contributed by atoms with van der Waals surface area (Å²) in [5, 5.41) is 3.56. The van der Waals surface area contributed by atoms with Crippen LogP contribution >= 0.6 is 0 Å². The van der Waals surface area contributed by atoms with Crippen molar-refractivity contribution in [2.24, 2.45) is 0 Å². The van der Waals surface area contributed by atoms with Gasteiger partial charge in [0.05, 0.1) is 23.7 Å². The van der Waals surface area contributed by atoms with Gasteiger partial charge in [0, 0.05) is 0 Å². The Morgan fingerprint density at radius 3 is 2.53 bits per heavy atom. The van der Waals surface area contributed by atoms with E-state index >= 15 is 0 Å². The van der Waals surface area contributed by atoms with E-state index in [4.69, 9.17) is 0 Å². The molecule has 0 fully saturated rings. The molecule has 0 aromatic carbocycles. The first-order valence-corrected chi connectivity index (χ1v) is 5.81. The van der Waals surface area contributed by atoms with E-state index in [0.717, 1.165) is 22.6 Å². The van der Waals surface area contributed by atoms with Crippen molar-refractivity contribution in [2.75, 3.05) is 6.26 Å². The molecule has 0 saturated heterocycles. The molecule has 1 aromatic rings. The molecule has 0 radical (unpaired) electrons. The van der Waals surface area contributed by atoms with E-state index in [1.54, 1.807) is 0 Å². The van der Waals surface area contributed by atoms with Gasteiger partial charge in [0.15, 0.2) is 0 Å². The Morgan fingerprint density at radius 2 is 1.93 bits per heavy atom. The van der Waals surface area contributed by atoms with Crippen molar-refractivity contribution in [1.29, 1.82) is 0 Å². The van der Waals surface area contributed by atoms with Crippen molar-refractivity contribution in [3.8, 4) is 0 Å². The lowest BCUT2D eigenvalue weighted by Gasteiger charge is -2.05. The standard InChI is InChI=1S/C8H6N2O4S/c1-15(13,14)10-6-2-3-7(11)8(12)5(6)4-9-10/h2-4H,1H3. The fourth-order valence-corrected chi connectivity index (χ4v) is 2.03. The van der Waals surface area contributed by atoms with Crippen LogP contribution in [0.1, 0.15) is 16.1 Å². The van der Waals surface area contributed by atoms with E-state index in [1.807, 2.05) is 0 Å². The first-order chi connectivity index (χ1) is 6.91. The second-order valence-corrected chi connectivity index (χ2v) is 4.89. The van der Waals surface area contributed by atoms with Crippen LogP contribution in [0.25, 0.3) is 6.08 Å². The molecule has 1 aromatic heterocycles. The summed E-state index contributed by atoms with van der Waals surface area (Å²) in [5.41, 5.74) is 0.148. The molecule has 0 atom stereocenters. The highest BCUT2D eigenvalue weighted by Gasteiger charge is 2.26. The lowest BCUT2D eigenvalue weighted by molar-refractivity contribution is -0.110. The number of carbonyl (C=O) groups excluding carboxylic acids is 2. The molecule has 78 valence electrons. The van der Waals surface area contributed by atoms with E-state index in [-0.39, 0.29) is 11.3 Å². The molecule has 1 aliphatic rings. The number of allylic oxidation sites excluding steroid dienone is 1. The Morgan fingerprint density at radius 1 is 1.27 bits per heavy atom. The molecule has 2 rings (SSSR count). The predicted molar refractivity (Wildman–Crippen MR) is 50.8 cm³/mol. The zero-order chi connectivity index (χ0) is 11.2. The summed E-state index contributed by atoms with van der Waals surface area (Å²) in [7, 11) is -3.55. The van der Waals surface area contributed by atoms with Crippen LogP contribution in [0.4, 0.5) is 0 Å². The molecular weight excluding hydrogens is 220 g/mol. The number of carbonyl (C=O) groups is 2. The summed E-state index contributed by atoms with van der Waals surface area (Å²) < 4.78 is 23.2. The molecule has 7 heteroatoms. The summed E-state index contributed by atoms with van der Waals surface area (Å²) in [5.74, 6) is -1.40. The van der Waals surface area contributed by atoms with Crippen LogP contribution < -0.4 is 0 Å². The summed E-state index contributed by atoms with van der Waals surface area (Å²) in [6, 6.07) is 0. The van der Waals surface area contributed by atoms with Crippen LogP contribution in [-0.4, -0.2) is 35.4 Å². The second-order valence-electron chi connectivity index (χ2n) is 3.08. The summed E-state index contributed by atoms with van der Waals surface area (Å²) in [6.45, 7) is 0. The maximum absolute atomic E-state index is 11.3. The van der Waals surface area contributed by atoms with Crippen LogP contribution in [0.15, 0.2) is 12.3 Å².